The molecule has 0 amide bonds. The molecule has 1 aromatic heterocycles. The third kappa shape index (κ3) is 7.40. The number of allylic oxidation sites excluding steroid dienone is 11. The maximum Gasteiger partial charge on any atom is 0.0561 e. The molecule has 12 rings (SSSR count). The molecule has 1 unspecified atom stereocenters. The molecular formula is C65H55N3. The predicted molar refractivity (Wildman–Crippen MR) is 290 cm³/mol. The van der Waals surface area contributed by atoms with Gasteiger partial charge in [0, 0.05) is 57.9 Å². The Bertz CT molecular complexity index is 3630. The molecule has 3 nitrogen and oxygen atoms in total. The van der Waals surface area contributed by atoms with E-state index in [9.17, 15) is 0 Å². The van der Waals surface area contributed by atoms with Gasteiger partial charge in [-0.1, -0.05) is 146 Å². The summed E-state index contributed by atoms with van der Waals surface area (Å²) in [5.74, 6) is 0.169. The fraction of sp³-hybridized carbons (Fsp3) is 0.138. The third-order valence-corrected chi connectivity index (χ3v) is 14.8. The van der Waals surface area contributed by atoms with Crippen molar-refractivity contribution in [1.82, 2.24) is 4.57 Å². The normalized spacial score (nSPS) is 16.2. The van der Waals surface area contributed by atoms with Crippen molar-refractivity contribution < 1.29 is 0 Å². The van der Waals surface area contributed by atoms with Gasteiger partial charge in [-0.3, -0.25) is 0 Å². The van der Waals surface area contributed by atoms with Crippen LogP contribution in [0.25, 0.3) is 54.6 Å². The Balaban J connectivity index is 0.974. The van der Waals surface area contributed by atoms with Crippen LogP contribution < -0.4 is 9.80 Å². The van der Waals surface area contributed by atoms with Gasteiger partial charge >= 0.3 is 0 Å². The molecule has 68 heavy (non-hydrogen) atoms. The van der Waals surface area contributed by atoms with E-state index in [1.54, 1.807) is 0 Å². The molecule has 330 valence electrons. The summed E-state index contributed by atoms with van der Waals surface area (Å²) in [5.41, 5.74) is 19.4. The van der Waals surface area contributed by atoms with Crippen LogP contribution in [0.2, 0.25) is 0 Å². The first-order valence-electron chi connectivity index (χ1n) is 24.3. The Morgan fingerprint density at radius 1 is 0.544 bits per heavy atom. The largest absolute Gasteiger partial charge is 0.348 e. The molecule has 1 atom stereocenters. The number of likely N-dealkylation sites (N-methyl/N-ethyl adjacent to an activating group) is 1. The fourth-order valence-electron chi connectivity index (χ4n) is 11.4. The quantitative estimate of drug-likeness (QED) is 0.143. The van der Waals surface area contributed by atoms with Crippen LogP contribution in [-0.4, -0.2) is 11.6 Å². The zero-order chi connectivity index (χ0) is 45.7. The van der Waals surface area contributed by atoms with Crippen LogP contribution in [0.15, 0.2) is 240 Å². The van der Waals surface area contributed by atoms with Crippen LogP contribution in [-0.2, 0) is 0 Å². The first-order valence-corrected chi connectivity index (χ1v) is 24.3. The van der Waals surface area contributed by atoms with E-state index in [1.165, 1.54) is 99.4 Å². The number of para-hydroxylation sites is 3. The van der Waals surface area contributed by atoms with E-state index >= 15 is 0 Å². The predicted octanol–water partition coefficient (Wildman–Crippen LogP) is 17.4. The summed E-state index contributed by atoms with van der Waals surface area (Å²) in [4.78, 5) is 4.89. The van der Waals surface area contributed by atoms with Gasteiger partial charge in [0.05, 0.1) is 11.0 Å². The van der Waals surface area contributed by atoms with Crippen molar-refractivity contribution in [2.75, 3.05) is 16.8 Å². The Labute approximate surface area is 400 Å². The first kappa shape index (κ1) is 41.5. The molecule has 0 fully saturated rings. The summed E-state index contributed by atoms with van der Waals surface area (Å²) in [6, 6.07) is 65.1. The van der Waals surface area contributed by atoms with Crippen molar-refractivity contribution in [3.8, 4) is 5.69 Å². The average molecular weight is 878 g/mol. The molecule has 0 aliphatic heterocycles. The lowest BCUT2D eigenvalue weighted by molar-refractivity contribution is 0.731. The highest BCUT2D eigenvalue weighted by molar-refractivity contribution is 6.10. The van der Waals surface area contributed by atoms with E-state index in [0.29, 0.717) is 0 Å². The van der Waals surface area contributed by atoms with Gasteiger partial charge in [0.2, 0.25) is 0 Å². The highest BCUT2D eigenvalue weighted by atomic mass is 15.2. The number of hydrogen-bond donors (Lipinski definition) is 0. The summed E-state index contributed by atoms with van der Waals surface area (Å²) in [5, 5.41) is 7.65. The monoisotopic (exact) mass is 877 g/mol. The third-order valence-electron chi connectivity index (χ3n) is 14.8. The van der Waals surface area contributed by atoms with Crippen LogP contribution in [0.4, 0.5) is 17.1 Å². The van der Waals surface area contributed by atoms with Crippen LogP contribution >= 0.6 is 0 Å². The van der Waals surface area contributed by atoms with Crippen LogP contribution in [0, 0.1) is 6.92 Å². The number of rotatable bonds is 9. The van der Waals surface area contributed by atoms with E-state index in [0.717, 1.165) is 49.2 Å². The van der Waals surface area contributed by atoms with Crippen molar-refractivity contribution in [1.29, 1.82) is 0 Å². The van der Waals surface area contributed by atoms with Gasteiger partial charge in [-0.05, 0) is 173 Å². The molecule has 0 radical (unpaired) electrons. The molecular weight excluding hydrogens is 823 g/mol. The molecule has 0 saturated carbocycles. The standard InChI is InChI=1S/C65H55N3/c1-44-17-10-13-26-57(44)65-45(2)29-30-50-39-51(32-36-58(50)65)61-42-49(33-38-62(61)66(3)52-21-6-4-7-22-52)48-20-16-25-54(41-48)67(55-34-31-46-18-11-12-19-47(46)40-55)56-35-37-60-59-27-14-15-28-63(59)68(64(60)43-56)53-23-8-5-9-24-53/h4-12,14-15,17-19,21-25,27-41,43,61H,13,16,20,26,42H2,1-3H3. The van der Waals surface area contributed by atoms with Gasteiger partial charge in [-0.15, -0.1) is 0 Å². The lowest BCUT2D eigenvalue weighted by Crippen LogP contribution is -2.24. The van der Waals surface area contributed by atoms with Gasteiger partial charge in [0.15, 0.2) is 0 Å². The van der Waals surface area contributed by atoms with E-state index in [-0.39, 0.29) is 5.92 Å². The van der Waals surface area contributed by atoms with Crippen molar-refractivity contribution in [2.45, 2.75) is 51.9 Å². The van der Waals surface area contributed by atoms with Gasteiger partial charge < -0.3 is 14.4 Å². The number of benzene rings is 8. The molecule has 1 heterocycles. The average Bonchev–Trinajstić information content (AvgIpc) is 3.73. The van der Waals surface area contributed by atoms with Gasteiger partial charge in [0.25, 0.3) is 0 Å². The van der Waals surface area contributed by atoms with Crippen molar-refractivity contribution in [3.05, 3.63) is 257 Å². The fourth-order valence-corrected chi connectivity index (χ4v) is 11.4. The van der Waals surface area contributed by atoms with Crippen molar-refractivity contribution in [2.24, 2.45) is 0 Å². The van der Waals surface area contributed by atoms with E-state index in [1.807, 2.05) is 0 Å². The molecule has 0 saturated heterocycles. The number of nitrogens with zero attached hydrogens (tertiary/aromatic N) is 3. The maximum absolute atomic E-state index is 2.49. The minimum Gasteiger partial charge on any atom is -0.348 e. The van der Waals surface area contributed by atoms with Crippen LogP contribution in [0.5, 0.6) is 0 Å². The summed E-state index contributed by atoms with van der Waals surface area (Å²) >= 11 is 0. The Morgan fingerprint density at radius 3 is 2.12 bits per heavy atom. The zero-order valence-corrected chi connectivity index (χ0v) is 39.2. The minimum atomic E-state index is 0.169. The number of aromatic nitrogens is 1. The van der Waals surface area contributed by atoms with Crippen molar-refractivity contribution >= 4 is 66.0 Å². The minimum absolute atomic E-state index is 0.169. The highest BCUT2D eigenvalue weighted by Crippen LogP contribution is 2.45. The molecule has 8 aromatic carbocycles. The highest BCUT2D eigenvalue weighted by Gasteiger charge is 2.28. The molecule has 9 aromatic rings. The second-order valence-corrected chi connectivity index (χ2v) is 18.9. The lowest BCUT2D eigenvalue weighted by atomic mass is 9.79. The smallest absolute Gasteiger partial charge is 0.0561 e. The van der Waals surface area contributed by atoms with Gasteiger partial charge in [-0.2, -0.15) is 0 Å². The summed E-state index contributed by atoms with van der Waals surface area (Å²) in [6.45, 7) is 4.55. The molecule has 3 aliphatic rings. The molecule has 0 N–H and O–H groups in total. The molecule has 0 bridgehead atoms. The van der Waals surface area contributed by atoms with E-state index in [2.05, 4.69) is 248 Å². The van der Waals surface area contributed by atoms with Crippen LogP contribution in [0.1, 0.15) is 61.6 Å². The van der Waals surface area contributed by atoms with Gasteiger partial charge in [-0.25, -0.2) is 0 Å². The zero-order valence-electron chi connectivity index (χ0n) is 39.2. The topological polar surface area (TPSA) is 11.4 Å². The summed E-state index contributed by atoms with van der Waals surface area (Å²) < 4.78 is 2.42. The Morgan fingerprint density at radius 2 is 1.26 bits per heavy atom. The maximum atomic E-state index is 2.49. The molecule has 3 aliphatic carbocycles. The van der Waals surface area contributed by atoms with Crippen molar-refractivity contribution in [3.63, 3.8) is 0 Å². The summed E-state index contributed by atoms with van der Waals surface area (Å²) in [6.07, 6.45) is 19.4. The second kappa shape index (κ2) is 17.4. The molecule has 0 spiro atoms. The Kier molecular flexibility index (Phi) is 10.6. The molecule has 3 heteroatoms. The van der Waals surface area contributed by atoms with E-state index < -0.39 is 0 Å². The first-order chi connectivity index (χ1) is 33.5. The summed E-state index contributed by atoms with van der Waals surface area (Å²) in [7, 11) is 2.23. The van der Waals surface area contributed by atoms with E-state index in [4.69, 9.17) is 0 Å². The number of hydrogen-bond acceptors (Lipinski definition) is 2. The second-order valence-electron chi connectivity index (χ2n) is 18.9. The van der Waals surface area contributed by atoms with Crippen LogP contribution in [0.3, 0.4) is 0 Å². The lowest BCUT2D eigenvalue weighted by Gasteiger charge is -2.34. The Hall–Kier alpha value is -7.88. The SMILES string of the molecule is CC1=C(c2c(C)ccc3cc(C4CC(C5=CC(N(c6ccc7ccccc7c6)c6ccc7c8ccccc8n(-c8ccccc8)c7c6)=CCC5)=CC=C4N(C)c4ccccc4)ccc23)CCC=C1. The number of aryl methyl sites for hydroxylation is 1. The van der Waals surface area contributed by atoms with Gasteiger partial charge in [0.1, 0.15) is 0 Å². The number of fused-ring (bicyclic) bond motifs is 5. The number of anilines is 3.